The Morgan fingerprint density at radius 2 is 2.06 bits per heavy atom. The number of aromatic amines is 1. The van der Waals surface area contributed by atoms with Crippen LogP contribution < -0.4 is 15.8 Å². The van der Waals surface area contributed by atoms with E-state index in [0.717, 1.165) is 5.56 Å². The molecule has 11 heteroatoms. The van der Waals surface area contributed by atoms with Crippen molar-refractivity contribution < 1.29 is 9.90 Å². The number of halogens is 2. The summed E-state index contributed by atoms with van der Waals surface area (Å²) in [5.41, 5.74) is 1.30. The number of hydrogen-bond donors (Lipinski definition) is 3. The van der Waals surface area contributed by atoms with Gasteiger partial charge in [-0.2, -0.15) is 0 Å². The number of nitrogens with zero attached hydrogens (tertiary/aromatic N) is 4. The summed E-state index contributed by atoms with van der Waals surface area (Å²) in [7, 11) is 0. The smallest absolute Gasteiger partial charge is 0.255 e. The monoisotopic (exact) mass is 484 g/mol. The Bertz CT molecular complexity index is 1420. The van der Waals surface area contributed by atoms with E-state index in [4.69, 9.17) is 23.2 Å². The van der Waals surface area contributed by atoms with Crippen molar-refractivity contribution in [1.82, 2.24) is 24.9 Å². The zero-order valence-electron chi connectivity index (χ0n) is 17.1. The van der Waals surface area contributed by atoms with Crippen LogP contribution in [-0.2, 0) is 0 Å². The summed E-state index contributed by atoms with van der Waals surface area (Å²) in [5, 5.41) is 18.0. The van der Waals surface area contributed by atoms with Gasteiger partial charge in [-0.3, -0.25) is 9.59 Å². The molecule has 4 heterocycles. The maximum absolute atomic E-state index is 12.9. The van der Waals surface area contributed by atoms with Gasteiger partial charge in [-0.15, -0.1) is 5.10 Å². The number of carbonyl (C=O) groups is 1. The van der Waals surface area contributed by atoms with Crippen LogP contribution in [0.5, 0.6) is 5.75 Å². The van der Waals surface area contributed by atoms with E-state index in [1.165, 1.54) is 12.1 Å². The number of H-pyrrole nitrogens is 1. The molecule has 0 saturated carbocycles. The summed E-state index contributed by atoms with van der Waals surface area (Å²) in [6, 6.07) is 9.33. The summed E-state index contributed by atoms with van der Waals surface area (Å²) in [5.74, 6) is -0.144. The highest BCUT2D eigenvalue weighted by Gasteiger charge is 2.35. The van der Waals surface area contributed by atoms with E-state index < -0.39 is 5.91 Å². The molecule has 0 spiro atoms. The van der Waals surface area contributed by atoms with E-state index in [-0.39, 0.29) is 39.0 Å². The summed E-state index contributed by atoms with van der Waals surface area (Å²) < 4.78 is 1.67. The van der Waals surface area contributed by atoms with Crippen molar-refractivity contribution in [2.24, 2.45) is 0 Å². The third kappa shape index (κ3) is 4.12. The number of fused-ring (bicyclic) bond motifs is 1. The van der Waals surface area contributed by atoms with E-state index in [9.17, 15) is 14.7 Å². The third-order valence-corrected chi connectivity index (χ3v) is 6.13. The molecular formula is C22H18Cl2N6O3. The Morgan fingerprint density at radius 1 is 1.21 bits per heavy atom. The van der Waals surface area contributed by atoms with Crippen LogP contribution in [0.2, 0.25) is 10.0 Å². The number of aromatic hydroxyl groups is 1. The number of anilines is 1. The van der Waals surface area contributed by atoms with E-state index in [1.54, 1.807) is 29.2 Å². The van der Waals surface area contributed by atoms with Crippen LogP contribution in [0.15, 0.2) is 59.8 Å². The molecule has 1 saturated heterocycles. The molecule has 1 aromatic carbocycles. The van der Waals surface area contributed by atoms with E-state index in [1.807, 2.05) is 23.1 Å². The van der Waals surface area contributed by atoms with Crippen molar-refractivity contribution in [2.45, 2.75) is 18.5 Å². The molecule has 5 rings (SSSR count). The van der Waals surface area contributed by atoms with Gasteiger partial charge in [0.1, 0.15) is 11.6 Å². The first kappa shape index (κ1) is 21.3. The van der Waals surface area contributed by atoms with Crippen molar-refractivity contribution in [3.05, 3.63) is 86.5 Å². The second-order valence-electron chi connectivity index (χ2n) is 7.77. The predicted octanol–water partition coefficient (Wildman–Crippen LogP) is 3.18. The van der Waals surface area contributed by atoms with Crippen LogP contribution in [0.25, 0.3) is 5.65 Å². The summed E-state index contributed by atoms with van der Waals surface area (Å²) in [4.78, 5) is 33.7. The average molecular weight is 485 g/mol. The molecule has 0 aliphatic carbocycles. The Labute approximate surface area is 197 Å². The van der Waals surface area contributed by atoms with Gasteiger partial charge in [-0.25, -0.2) is 9.50 Å². The first-order chi connectivity index (χ1) is 15.9. The van der Waals surface area contributed by atoms with Gasteiger partial charge >= 0.3 is 0 Å². The number of imidazole rings is 1. The molecule has 33 heavy (non-hydrogen) atoms. The van der Waals surface area contributed by atoms with Crippen LogP contribution in [0.1, 0.15) is 28.4 Å². The minimum Gasteiger partial charge on any atom is -0.506 e. The quantitative estimate of drug-likeness (QED) is 0.409. The maximum Gasteiger partial charge on any atom is 0.255 e. The number of carbonyl (C=O) groups excluding carboxylic acids is 1. The average Bonchev–Trinajstić information content (AvgIpc) is 3.42. The lowest BCUT2D eigenvalue weighted by Gasteiger charge is -2.25. The van der Waals surface area contributed by atoms with Crippen LogP contribution in [-0.4, -0.2) is 43.2 Å². The van der Waals surface area contributed by atoms with Gasteiger partial charge in [0.15, 0.2) is 5.65 Å². The first-order valence-electron chi connectivity index (χ1n) is 10.1. The summed E-state index contributed by atoms with van der Waals surface area (Å²) in [6.45, 7) is 0.436. The molecule has 1 aliphatic rings. The number of pyridine rings is 1. The molecule has 1 fully saturated rings. The molecule has 0 radical (unpaired) electrons. The number of phenols is 1. The van der Waals surface area contributed by atoms with Gasteiger partial charge in [0.2, 0.25) is 5.56 Å². The maximum atomic E-state index is 12.9. The Balaban J connectivity index is 1.46. The van der Waals surface area contributed by atoms with Crippen LogP contribution in [0.4, 0.5) is 5.82 Å². The Kier molecular flexibility index (Phi) is 5.43. The van der Waals surface area contributed by atoms with Crippen LogP contribution in [0.3, 0.4) is 0 Å². The number of hydrogen-bond acceptors (Lipinski definition) is 6. The Morgan fingerprint density at radius 3 is 2.88 bits per heavy atom. The minimum atomic E-state index is -0.494. The third-order valence-electron chi connectivity index (χ3n) is 5.63. The highest BCUT2D eigenvalue weighted by Crippen LogP contribution is 2.36. The fourth-order valence-corrected chi connectivity index (χ4v) is 4.63. The molecule has 0 unspecified atom stereocenters. The van der Waals surface area contributed by atoms with Gasteiger partial charge in [-0.1, -0.05) is 23.2 Å². The summed E-state index contributed by atoms with van der Waals surface area (Å²) >= 11 is 12.0. The standard InChI is InChI=1S/C22H18Cl2N6O3/c23-13-8-15(21(32)16(24)9-13)22(33)27-14-10-17(12-3-4-26-20(31)7-12)29(11-14)19-2-1-18-25-5-6-30(18)28-19/h1-9,14,17,32H,10-11H2,(H,26,31)(H,27,33)/t14-,17-/m0/s1. The van der Waals surface area contributed by atoms with Gasteiger partial charge < -0.3 is 20.3 Å². The fraction of sp³-hybridized carbons (Fsp3) is 0.182. The van der Waals surface area contributed by atoms with Crippen molar-refractivity contribution in [3.8, 4) is 5.75 Å². The molecule has 168 valence electrons. The second kappa shape index (κ2) is 8.42. The molecule has 1 amide bonds. The largest absolute Gasteiger partial charge is 0.506 e. The lowest BCUT2D eigenvalue weighted by Crippen LogP contribution is -2.37. The molecule has 1 aliphatic heterocycles. The highest BCUT2D eigenvalue weighted by atomic mass is 35.5. The highest BCUT2D eigenvalue weighted by molar-refractivity contribution is 6.36. The topological polar surface area (TPSA) is 116 Å². The molecule has 3 N–H and O–H groups in total. The van der Waals surface area contributed by atoms with Gasteiger partial charge in [0, 0.05) is 42.3 Å². The van der Waals surface area contributed by atoms with E-state index >= 15 is 0 Å². The second-order valence-corrected chi connectivity index (χ2v) is 8.61. The molecule has 4 aromatic rings. The zero-order chi connectivity index (χ0) is 23.1. The minimum absolute atomic E-state index is 0.0000737. The molecule has 2 atom stereocenters. The number of amides is 1. The van der Waals surface area contributed by atoms with Crippen LogP contribution >= 0.6 is 23.2 Å². The molecular weight excluding hydrogens is 467 g/mol. The lowest BCUT2D eigenvalue weighted by molar-refractivity contribution is 0.0937. The Hall–Kier alpha value is -3.56. The zero-order valence-corrected chi connectivity index (χ0v) is 18.6. The van der Waals surface area contributed by atoms with Gasteiger partial charge in [0.05, 0.1) is 16.6 Å². The number of aromatic nitrogens is 4. The van der Waals surface area contributed by atoms with Crippen molar-refractivity contribution in [3.63, 3.8) is 0 Å². The molecule has 0 bridgehead atoms. The van der Waals surface area contributed by atoms with Crippen molar-refractivity contribution in [1.29, 1.82) is 0 Å². The SMILES string of the molecule is O=C(N[C@H]1C[C@@H](c2cc[nH]c(=O)c2)N(c2ccc3nccn3n2)C1)c1cc(Cl)cc(Cl)c1O. The number of rotatable bonds is 4. The lowest BCUT2D eigenvalue weighted by atomic mass is 10.0. The van der Waals surface area contributed by atoms with Gasteiger partial charge in [-0.05, 0) is 42.3 Å². The number of nitrogens with one attached hydrogen (secondary N) is 2. The molecule has 3 aromatic heterocycles. The predicted molar refractivity (Wildman–Crippen MR) is 124 cm³/mol. The van der Waals surface area contributed by atoms with Crippen molar-refractivity contribution in [2.75, 3.05) is 11.4 Å². The number of benzene rings is 1. The fourth-order valence-electron chi connectivity index (χ4n) is 4.14. The molecule has 9 nitrogen and oxygen atoms in total. The van der Waals surface area contributed by atoms with Crippen LogP contribution in [0, 0.1) is 0 Å². The van der Waals surface area contributed by atoms with E-state index in [0.29, 0.717) is 24.4 Å². The first-order valence-corrected chi connectivity index (χ1v) is 10.9. The normalized spacial score (nSPS) is 18.1. The van der Waals surface area contributed by atoms with Crippen molar-refractivity contribution >= 4 is 40.6 Å². The van der Waals surface area contributed by atoms with Gasteiger partial charge in [0.25, 0.3) is 5.91 Å². The number of phenolic OH excluding ortho intramolecular Hbond substituents is 1. The summed E-state index contributed by atoms with van der Waals surface area (Å²) in [6.07, 6.45) is 5.53. The van der Waals surface area contributed by atoms with E-state index in [2.05, 4.69) is 20.4 Å².